The largest absolute Gasteiger partial charge is 0.364 e. The summed E-state index contributed by atoms with van der Waals surface area (Å²) >= 11 is 0. The Bertz CT molecular complexity index is 1780. The fourth-order valence-corrected chi connectivity index (χ4v) is 4.94. The molecule has 5 aromatic rings. The van der Waals surface area contributed by atoms with Crippen LogP contribution in [0.4, 0.5) is 0 Å². The molecule has 0 saturated heterocycles. The van der Waals surface area contributed by atoms with Crippen molar-refractivity contribution in [3.05, 3.63) is 80.6 Å². The zero-order chi connectivity index (χ0) is 21.4. The number of aryl methyl sites for hydroxylation is 2. The summed E-state index contributed by atoms with van der Waals surface area (Å²) in [6, 6.07) is 14.7. The lowest BCUT2D eigenvalue weighted by molar-refractivity contribution is 0.476. The van der Waals surface area contributed by atoms with Crippen LogP contribution in [-0.2, 0) is 17.4 Å². The number of hydrogen-bond donors (Lipinski definition) is 1. The van der Waals surface area contributed by atoms with Crippen molar-refractivity contribution in [2.45, 2.75) is 6.92 Å². The molecule has 0 bridgehead atoms. The van der Waals surface area contributed by atoms with Gasteiger partial charge in [0.1, 0.15) is 0 Å². The Morgan fingerprint density at radius 3 is 2.00 bits per heavy atom. The van der Waals surface area contributed by atoms with E-state index in [1.807, 2.05) is 6.07 Å². The molecule has 0 atom stereocenters. The van der Waals surface area contributed by atoms with Crippen molar-refractivity contribution in [1.82, 2.24) is 8.54 Å². The highest BCUT2D eigenvalue weighted by molar-refractivity contribution is 7.84. The molecule has 0 spiro atoms. The highest BCUT2D eigenvalue weighted by Crippen LogP contribution is 2.27. The van der Waals surface area contributed by atoms with E-state index in [2.05, 4.69) is 0 Å². The van der Waals surface area contributed by atoms with Crippen LogP contribution in [0.5, 0.6) is 0 Å². The first-order valence-electron chi connectivity index (χ1n) is 9.17. The summed E-state index contributed by atoms with van der Waals surface area (Å²) in [6.07, 6.45) is 0. The third kappa shape index (κ3) is 2.44. The van der Waals surface area contributed by atoms with E-state index in [1.54, 1.807) is 42.8 Å². The van der Waals surface area contributed by atoms with Crippen molar-refractivity contribution in [1.29, 1.82) is 0 Å². The zero-order valence-corrected chi connectivity index (χ0v) is 16.9. The Morgan fingerprint density at radius 1 is 0.733 bits per heavy atom. The maximum Gasteiger partial charge on any atom is 0.364 e. The van der Waals surface area contributed by atoms with Gasteiger partial charge in [-0.25, -0.2) is 3.97 Å². The summed E-state index contributed by atoms with van der Waals surface area (Å²) in [4.78, 5) is 26.3. The molecule has 0 fully saturated rings. The number of para-hydroxylation sites is 1. The van der Waals surface area contributed by atoms with Gasteiger partial charge in [0.15, 0.2) is 10.9 Å². The second kappa shape index (κ2) is 6.01. The summed E-state index contributed by atoms with van der Waals surface area (Å²) in [6.45, 7) is 1.75. The van der Waals surface area contributed by atoms with Crippen LogP contribution in [-0.4, -0.2) is 21.5 Å². The number of hydrogen-bond acceptors (Lipinski definition) is 4. The van der Waals surface area contributed by atoms with Gasteiger partial charge in [-0.1, -0.05) is 18.2 Å². The van der Waals surface area contributed by atoms with Gasteiger partial charge in [-0.15, -0.1) is 0 Å². The first kappa shape index (κ1) is 18.5. The minimum Gasteiger partial charge on any atom is -0.343 e. The fraction of sp³-hybridized carbons (Fsp3) is 0.0909. The highest BCUT2D eigenvalue weighted by Gasteiger charge is 2.21. The molecule has 150 valence electrons. The van der Waals surface area contributed by atoms with Gasteiger partial charge in [0.05, 0.1) is 22.1 Å². The van der Waals surface area contributed by atoms with E-state index in [-0.39, 0.29) is 38.0 Å². The van der Waals surface area contributed by atoms with Crippen molar-refractivity contribution < 1.29 is 13.0 Å². The van der Waals surface area contributed by atoms with E-state index >= 15 is 0 Å². The van der Waals surface area contributed by atoms with E-state index in [9.17, 15) is 22.6 Å². The molecule has 0 amide bonds. The number of aromatic nitrogens is 2. The summed E-state index contributed by atoms with van der Waals surface area (Å²) < 4.78 is 37.1. The van der Waals surface area contributed by atoms with Gasteiger partial charge in [-0.3, -0.25) is 14.1 Å². The summed E-state index contributed by atoms with van der Waals surface area (Å²) in [5, 5.41) is 0.995. The summed E-state index contributed by atoms with van der Waals surface area (Å²) in [5.41, 5.74) is 1.29. The van der Waals surface area contributed by atoms with Gasteiger partial charge in [0.25, 0.3) is 0 Å². The van der Waals surface area contributed by atoms with Gasteiger partial charge in [-0.2, -0.15) is 8.42 Å². The minimum absolute atomic E-state index is 0.0412. The number of pyridine rings is 2. The minimum atomic E-state index is -4.75. The first-order valence-corrected chi connectivity index (χ1v) is 10.6. The molecule has 7 nitrogen and oxygen atoms in total. The average molecular weight is 420 g/mol. The van der Waals surface area contributed by atoms with Gasteiger partial charge >= 0.3 is 10.3 Å². The standard InChI is InChI=1S/C22H16N2O5S/c1-12-7-8-14-19(9-12)24(30(27,28)29)20-11-15-18(10-16(20)22(14)26)23(2)17-6-4-3-5-13(17)21(15)25/h3-11H,1-2H3,(H,27,28,29). The van der Waals surface area contributed by atoms with Crippen LogP contribution >= 0.6 is 0 Å². The van der Waals surface area contributed by atoms with E-state index in [1.165, 1.54) is 24.3 Å². The SMILES string of the molecule is Cc1ccc2c(=O)c3cc4c(cc3n(S(=O)(=O)O)c2c1)c(=O)c1ccccc1n4C. The van der Waals surface area contributed by atoms with Crippen LogP contribution in [0, 0.1) is 6.92 Å². The number of nitrogens with zero attached hydrogens (tertiary/aromatic N) is 2. The molecule has 8 heteroatoms. The molecule has 3 aromatic carbocycles. The van der Waals surface area contributed by atoms with Crippen molar-refractivity contribution >= 4 is 53.9 Å². The Kier molecular flexibility index (Phi) is 3.71. The topological polar surface area (TPSA) is 98.4 Å². The second-order valence-corrected chi connectivity index (χ2v) is 8.64. The second-order valence-electron chi connectivity index (χ2n) is 7.38. The Balaban J connectivity index is 2.16. The summed E-state index contributed by atoms with van der Waals surface area (Å²) in [5.74, 6) is 0. The molecule has 0 aliphatic heterocycles. The molecule has 1 N–H and O–H groups in total. The Hall–Kier alpha value is -3.49. The Labute approximate surface area is 170 Å². The molecule has 0 radical (unpaired) electrons. The number of benzene rings is 3. The molecule has 30 heavy (non-hydrogen) atoms. The average Bonchev–Trinajstić information content (AvgIpc) is 2.70. The monoisotopic (exact) mass is 420 g/mol. The lowest BCUT2D eigenvalue weighted by atomic mass is 10.0. The lowest BCUT2D eigenvalue weighted by Crippen LogP contribution is -2.19. The van der Waals surface area contributed by atoms with Gasteiger partial charge in [0.2, 0.25) is 0 Å². The molecule has 0 aliphatic carbocycles. The molecular weight excluding hydrogens is 404 g/mol. The molecule has 0 aliphatic rings. The number of rotatable bonds is 1. The van der Waals surface area contributed by atoms with Crippen LogP contribution < -0.4 is 10.9 Å². The zero-order valence-electron chi connectivity index (χ0n) is 16.1. The van der Waals surface area contributed by atoms with E-state index in [4.69, 9.17) is 0 Å². The third-order valence-corrected chi connectivity index (χ3v) is 6.40. The number of fused-ring (bicyclic) bond motifs is 4. The predicted molar refractivity (Wildman–Crippen MR) is 118 cm³/mol. The van der Waals surface area contributed by atoms with E-state index < -0.39 is 10.3 Å². The molecule has 2 heterocycles. The Morgan fingerprint density at radius 2 is 1.30 bits per heavy atom. The van der Waals surface area contributed by atoms with E-state index in [0.29, 0.717) is 16.4 Å². The van der Waals surface area contributed by atoms with Crippen molar-refractivity contribution in [3.63, 3.8) is 0 Å². The van der Waals surface area contributed by atoms with Crippen LogP contribution in [0.3, 0.4) is 0 Å². The molecule has 0 unspecified atom stereocenters. The smallest absolute Gasteiger partial charge is 0.343 e. The fourth-order valence-electron chi connectivity index (χ4n) is 4.14. The third-order valence-electron chi connectivity index (χ3n) is 5.54. The highest BCUT2D eigenvalue weighted by atomic mass is 32.2. The summed E-state index contributed by atoms with van der Waals surface area (Å²) in [7, 11) is -2.98. The van der Waals surface area contributed by atoms with Gasteiger partial charge in [-0.05, 0) is 48.9 Å². The normalized spacial score (nSPS) is 12.4. The quantitative estimate of drug-likeness (QED) is 0.332. The molecule has 0 saturated carbocycles. The van der Waals surface area contributed by atoms with Crippen LogP contribution in [0.15, 0.2) is 64.2 Å². The molecule has 2 aromatic heterocycles. The van der Waals surface area contributed by atoms with Crippen LogP contribution in [0.25, 0.3) is 43.6 Å². The maximum absolute atomic E-state index is 13.2. The van der Waals surface area contributed by atoms with Crippen molar-refractivity contribution in [2.75, 3.05) is 0 Å². The van der Waals surface area contributed by atoms with Gasteiger partial charge in [0, 0.05) is 28.6 Å². The molecule has 5 rings (SSSR count). The van der Waals surface area contributed by atoms with Crippen molar-refractivity contribution in [3.8, 4) is 0 Å². The van der Waals surface area contributed by atoms with Crippen LogP contribution in [0.2, 0.25) is 0 Å². The molecular formula is C22H16N2O5S. The van der Waals surface area contributed by atoms with E-state index in [0.717, 1.165) is 9.54 Å². The van der Waals surface area contributed by atoms with Crippen molar-refractivity contribution in [2.24, 2.45) is 7.05 Å². The van der Waals surface area contributed by atoms with Crippen LogP contribution in [0.1, 0.15) is 5.56 Å². The predicted octanol–water partition coefficient (Wildman–Crippen LogP) is 3.12. The van der Waals surface area contributed by atoms with Gasteiger partial charge < -0.3 is 4.57 Å². The maximum atomic E-state index is 13.2. The lowest BCUT2D eigenvalue weighted by Gasteiger charge is -2.15. The first-order chi connectivity index (χ1) is 14.2.